The second-order valence-electron chi connectivity index (χ2n) is 5.99. The Morgan fingerprint density at radius 3 is 1.96 bits per heavy atom. The van der Waals surface area contributed by atoms with Crippen LogP contribution < -0.4 is 11.1 Å². The van der Waals surface area contributed by atoms with E-state index < -0.39 is 0 Å². The van der Waals surface area contributed by atoms with Crippen molar-refractivity contribution in [3.8, 4) is 0 Å². The highest BCUT2D eigenvalue weighted by Gasteiger charge is 2.06. The summed E-state index contributed by atoms with van der Waals surface area (Å²) in [4.78, 5) is 0. The summed E-state index contributed by atoms with van der Waals surface area (Å²) in [6.45, 7) is 4.68. The Morgan fingerprint density at radius 2 is 1.35 bits per heavy atom. The zero-order valence-corrected chi connectivity index (χ0v) is 15.8. The molecule has 3 aromatic carbocycles. The lowest BCUT2D eigenvalue weighted by molar-refractivity contribution is 0.0518. The quantitative estimate of drug-likeness (QED) is 0.421. The molecule has 0 amide bonds. The van der Waals surface area contributed by atoms with E-state index in [1.165, 1.54) is 27.1 Å². The Morgan fingerprint density at radius 1 is 0.769 bits per heavy atom. The summed E-state index contributed by atoms with van der Waals surface area (Å²) in [5, 5.41) is 8.69. The average Bonchev–Trinajstić information content (AvgIpc) is 2.66. The van der Waals surface area contributed by atoms with Crippen molar-refractivity contribution in [3.63, 3.8) is 0 Å². The van der Waals surface area contributed by atoms with E-state index in [1.807, 2.05) is 0 Å². The maximum atomic E-state index is 5.56. The minimum absolute atomic E-state index is 0. The summed E-state index contributed by atoms with van der Waals surface area (Å²) in [6, 6.07) is 19.4. The van der Waals surface area contributed by atoms with E-state index in [0.717, 1.165) is 13.1 Å². The lowest BCUT2D eigenvalue weighted by Crippen LogP contribution is -2.21. The van der Waals surface area contributed by atoms with Crippen molar-refractivity contribution in [1.82, 2.24) is 5.32 Å². The molecule has 4 nitrogen and oxygen atoms in total. The Labute approximate surface area is 161 Å². The van der Waals surface area contributed by atoms with Crippen molar-refractivity contribution >= 4 is 34.0 Å². The summed E-state index contributed by atoms with van der Waals surface area (Å²) in [5.74, 6) is 0. The van der Waals surface area contributed by atoms with Crippen molar-refractivity contribution in [2.45, 2.75) is 6.54 Å². The van der Waals surface area contributed by atoms with Crippen LogP contribution in [0.3, 0.4) is 0 Å². The molecule has 0 saturated carbocycles. The second-order valence-corrected chi connectivity index (χ2v) is 5.99. The fourth-order valence-corrected chi connectivity index (χ4v) is 3.06. The largest absolute Gasteiger partial charge is 0.378 e. The van der Waals surface area contributed by atoms with Gasteiger partial charge >= 0.3 is 0 Å². The molecular weight excluding hydrogens is 348 g/mol. The smallest absolute Gasteiger partial charge is 0.0701 e. The molecule has 3 aromatic rings. The highest BCUT2D eigenvalue weighted by Crippen LogP contribution is 2.28. The number of ether oxygens (including phenoxy) is 2. The van der Waals surface area contributed by atoms with E-state index in [0.29, 0.717) is 33.0 Å². The van der Waals surface area contributed by atoms with Crippen LogP contribution in [-0.4, -0.2) is 39.5 Å². The lowest BCUT2D eigenvalue weighted by Gasteiger charge is -2.13. The van der Waals surface area contributed by atoms with E-state index in [1.54, 1.807) is 0 Å². The van der Waals surface area contributed by atoms with Crippen LogP contribution in [0.25, 0.3) is 21.5 Å². The number of hydrogen-bond donors (Lipinski definition) is 2. The number of rotatable bonds is 10. The van der Waals surface area contributed by atoms with Gasteiger partial charge in [-0.3, -0.25) is 0 Å². The molecule has 5 heteroatoms. The van der Waals surface area contributed by atoms with Crippen molar-refractivity contribution in [1.29, 1.82) is 0 Å². The van der Waals surface area contributed by atoms with Gasteiger partial charge < -0.3 is 20.5 Å². The first-order chi connectivity index (χ1) is 12.4. The van der Waals surface area contributed by atoms with Crippen LogP contribution in [-0.2, 0) is 16.0 Å². The molecule has 0 aliphatic carbocycles. The topological polar surface area (TPSA) is 56.5 Å². The van der Waals surface area contributed by atoms with Gasteiger partial charge in [-0.15, -0.1) is 12.4 Å². The Balaban J connectivity index is 0.00000243. The standard InChI is InChI=1S/C21H26N2O2.ClH/c22-9-11-24-13-14-25-12-10-23-16-21-19-7-3-1-5-17(19)15-18-6-2-4-8-20(18)21;/h1-8,15,23H,9-14,16,22H2;1H. The molecule has 26 heavy (non-hydrogen) atoms. The number of halogens is 1. The van der Waals surface area contributed by atoms with Gasteiger partial charge in [-0.1, -0.05) is 48.5 Å². The number of benzene rings is 3. The second kappa shape index (κ2) is 11.1. The van der Waals surface area contributed by atoms with Gasteiger partial charge in [0, 0.05) is 19.6 Å². The van der Waals surface area contributed by atoms with Crippen molar-refractivity contribution in [2.75, 3.05) is 39.5 Å². The molecule has 0 aliphatic heterocycles. The monoisotopic (exact) mass is 374 g/mol. The van der Waals surface area contributed by atoms with Crippen LogP contribution in [0.1, 0.15) is 5.56 Å². The third kappa shape index (κ3) is 5.40. The summed E-state index contributed by atoms with van der Waals surface area (Å²) >= 11 is 0. The minimum Gasteiger partial charge on any atom is -0.378 e. The molecule has 0 spiro atoms. The van der Waals surface area contributed by atoms with Gasteiger partial charge in [0.15, 0.2) is 0 Å². The molecule has 3 rings (SSSR count). The molecule has 3 N–H and O–H groups in total. The van der Waals surface area contributed by atoms with Gasteiger partial charge in [-0.05, 0) is 33.2 Å². The molecule has 0 saturated heterocycles. The Bertz CT molecular complexity index is 756. The number of hydrogen-bond acceptors (Lipinski definition) is 4. The van der Waals surface area contributed by atoms with E-state index in [4.69, 9.17) is 15.2 Å². The molecule has 0 bridgehead atoms. The lowest BCUT2D eigenvalue weighted by atomic mass is 9.97. The van der Waals surface area contributed by atoms with Crippen LogP contribution in [0.2, 0.25) is 0 Å². The molecular formula is C21H27ClN2O2. The maximum Gasteiger partial charge on any atom is 0.0701 e. The average molecular weight is 375 g/mol. The minimum atomic E-state index is 0. The van der Waals surface area contributed by atoms with Crippen LogP contribution in [0.4, 0.5) is 0 Å². The van der Waals surface area contributed by atoms with Crippen molar-refractivity contribution in [2.24, 2.45) is 5.73 Å². The van der Waals surface area contributed by atoms with Crippen molar-refractivity contribution in [3.05, 3.63) is 60.2 Å². The van der Waals surface area contributed by atoms with Gasteiger partial charge in [-0.2, -0.15) is 0 Å². The molecule has 0 aliphatic rings. The highest BCUT2D eigenvalue weighted by atomic mass is 35.5. The van der Waals surface area contributed by atoms with Gasteiger partial charge in [0.05, 0.1) is 26.4 Å². The molecule has 0 heterocycles. The zero-order valence-electron chi connectivity index (χ0n) is 14.9. The number of nitrogens with one attached hydrogen (secondary N) is 1. The number of nitrogens with two attached hydrogens (primary N) is 1. The molecule has 0 radical (unpaired) electrons. The van der Waals surface area contributed by atoms with E-state index in [9.17, 15) is 0 Å². The normalized spacial score (nSPS) is 11.0. The van der Waals surface area contributed by atoms with Crippen LogP contribution >= 0.6 is 12.4 Å². The van der Waals surface area contributed by atoms with Gasteiger partial charge in [0.25, 0.3) is 0 Å². The Kier molecular flexibility index (Phi) is 8.81. The van der Waals surface area contributed by atoms with Crippen LogP contribution in [0.5, 0.6) is 0 Å². The number of fused-ring (bicyclic) bond motifs is 2. The van der Waals surface area contributed by atoms with Crippen molar-refractivity contribution < 1.29 is 9.47 Å². The fourth-order valence-electron chi connectivity index (χ4n) is 3.06. The molecule has 0 atom stereocenters. The maximum absolute atomic E-state index is 5.56. The molecule has 0 aromatic heterocycles. The fraction of sp³-hybridized carbons (Fsp3) is 0.333. The first kappa shape index (κ1) is 20.6. The van der Waals surface area contributed by atoms with E-state index in [2.05, 4.69) is 59.9 Å². The van der Waals surface area contributed by atoms with Crippen LogP contribution in [0, 0.1) is 0 Å². The van der Waals surface area contributed by atoms with Gasteiger partial charge in [-0.25, -0.2) is 0 Å². The summed E-state index contributed by atoms with van der Waals surface area (Å²) in [7, 11) is 0. The zero-order chi connectivity index (χ0) is 17.3. The highest BCUT2D eigenvalue weighted by molar-refractivity contribution is 6.02. The van der Waals surface area contributed by atoms with E-state index in [-0.39, 0.29) is 12.4 Å². The summed E-state index contributed by atoms with van der Waals surface area (Å²) in [6.07, 6.45) is 0. The predicted molar refractivity (Wildman–Crippen MR) is 111 cm³/mol. The third-order valence-corrected chi connectivity index (χ3v) is 4.24. The Hall–Kier alpha value is -1.69. The van der Waals surface area contributed by atoms with Gasteiger partial charge in [0.1, 0.15) is 0 Å². The van der Waals surface area contributed by atoms with Gasteiger partial charge in [0.2, 0.25) is 0 Å². The molecule has 0 fully saturated rings. The van der Waals surface area contributed by atoms with Crippen LogP contribution in [0.15, 0.2) is 54.6 Å². The predicted octanol–water partition coefficient (Wildman–Crippen LogP) is 3.50. The SMILES string of the molecule is Cl.NCCOCCOCCNCc1c2ccccc2cc2ccccc12. The first-order valence-electron chi connectivity index (χ1n) is 8.86. The first-order valence-corrected chi connectivity index (χ1v) is 8.86. The third-order valence-electron chi connectivity index (χ3n) is 4.24. The summed E-state index contributed by atoms with van der Waals surface area (Å²) < 4.78 is 10.8. The van der Waals surface area contributed by atoms with E-state index >= 15 is 0 Å². The molecule has 0 unspecified atom stereocenters. The molecule has 140 valence electrons. The summed E-state index contributed by atoms with van der Waals surface area (Å²) in [5.41, 5.74) is 6.71.